The smallest absolute Gasteiger partial charge is 0.222 e. The predicted molar refractivity (Wildman–Crippen MR) is 84.6 cm³/mol. The van der Waals surface area contributed by atoms with Crippen LogP contribution in [0.15, 0.2) is 41.1 Å². The first-order valence-electron chi connectivity index (χ1n) is 7.71. The molecule has 0 spiro atoms. The molecule has 2 aromatic heterocycles. The maximum absolute atomic E-state index is 11.7. The van der Waals surface area contributed by atoms with Crippen LogP contribution in [-0.2, 0) is 11.3 Å². The van der Waals surface area contributed by atoms with Gasteiger partial charge in [0.25, 0.3) is 0 Å². The summed E-state index contributed by atoms with van der Waals surface area (Å²) in [4.78, 5) is 17.9. The number of nitrogens with two attached hydrogens (primary N) is 1. The van der Waals surface area contributed by atoms with E-state index >= 15 is 0 Å². The van der Waals surface area contributed by atoms with Gasteiger partial charge in [-0.05, 0) is 31.2 Å². The molecule has 0 unspecified atom stereocenters. The first-order chi connectivity index (χ1) is 11.1. The van der Waals surface area contributed by atoms with Crippen LogP contribution in [0.2, 0.25) is 0 Å². The molecular weight excluding hydrogens is 294 g/mol. The van der Waals surface area contributed by atoms with Crippen molar-refractivity contribution in [2.75, 3.05) is 19.7 Å². The Morgan fingerprint density at radius 3 is 2.78 bits per heavy atom. The summed E-state index contributed by atoms with van der Waals surface area (Å²) >= 11 is 0. The second-order valence-corrected chi connectivity index (χ2v) is 5.97. The zero-order valence-electron chi connectivity index (χ0n) is 13.1. The Kier molecular flexibility index (Phi) is 4.62. The Morgan fingerprint density at radius 2 is 2.13 bits per heavy atom. The average molecular weight is 315 g/mol. The van der Waals surface area contributed by atoms with Crippen LogP contribution >= 0.6 is 0 Å². The van der Waals surface area contributed by atoms with Crippen molar-refractivity contribution >= 4 is 5.91 Å². The van der Waals surface area contributed by atoms with Crippen LogP contribution in [0, 0.1) is 18.8 Å². The van der Waals surface area contributed by atoms with Gasteiger partial charge in [-0.2, -0.15) is 0 Å². The lowest BCUT2D eigenvalue weighted by atomic mass is 9.96. The van der Waals surface area contributed by atoms with Crippen molar-refractivity contribution in [1.82, 2.24) is 9.88 Å². The van der Waals surface area contributed by atoms with Gasteiger partial charge in [-0.3, -0.25) is 14.7 Å². The molecule has 0 bridgehead atoms. The van der Waals surface area contributed by atoms with Crippen LogP contribution in [0.25, 0.3) is 0 Å². The zero-order valence-corrected chi connectivity index (χ0v) is 13.1. The number of ether oxygens (including phenoxy) is 1. The van der Waals surface area contributed by atoms with Gasteiger partial charge in [0.2, 0.25) is 5.91 Å². The number of hydrogen-bond donors (Lipinski definition) is 1. The molecule has 1 aliphatic rings. The lowest BCUT2D eigenvalue weighted by Gasteiger charge is -2.16. The molecule has 2 aromatic rings. The van der Waals surface area contributed by atoms with E-state index < -0.39 is 0 Å². The van der Waals surface area contributed by atoms with E-state index in [1.165, 1.54) is 0 Å². The number of nitrogens with zero attached hydrogens (tertiary/aromatic N) is 2. The SMILES string of the molecule is Cc1ccc(CN2C[C@@H](COc3ccncc3)[C@H](C(N)=O)C2)o1. The highest BCUT2D eigenvalue weighted by Gasteiger charge is 2.37. The minimum absolute atomic E-state index is 0.0803. The number of carbonyl (C=O) groups excluding carboxylic acids is 1. The number of primary amides is 1. The molecule has 3 rings (SSSR count). The van der Waals surface area contributed by atoms with Crippen molar-refractivity contribution in [3.8, 4) is 5.75 Å². The van der Waals surface area contributed by atoms with E-state index in [-0.39, 0.29) is 17.7 Å². The van der Waals surface area contributed by atoms with Gasteiger partial charge in [0, 0.05) is 31.4 Å². The van der Waals surface area contributed by atoms with E-state index in [1.54, 1.807) is 24.5 Å². The van der Waals surface area contributed by atoms with Gasteiger partial charge in [-0.15, -0.1) is 0 Å². The summed E-state index contributed by atoms with van der Waals surface area (Å²) in [6, 6.07) is 7.52. The molecule has 0 radical (unpaired) electrons. The fraction of sp³-hybridized carbons (Fsp3) is 0.412. The number of amides is 1. The third kappa shape index (κ3) is 3.90. The van der Waals surface area contributed by atoms with Gasteiger partial charge < -0.3 is 14.9 Å². The van der Waals surface area contributed by atoms with Crippen molar-refractivity contribution in [3.63, 3.8) is 0 Å². The van der Waals surface area contributed by atoms with Gasteiger partial charge in [-0.25, -0.2) is 0 Å². The summed E-state index contributed by atoms with van der Waals surface area (Å²) in [7, 11) is 0. The van der Waals surface area contributed by atoms with Gasteiger partial charge in [0.05, 0.1) is 19.1 Å². The topological polar surface area (TPSA) is 81.6 Å². The highest BCUT2D eigenvalue weighted by Crippen LogP contribution is 2.26. The van der Waals surface area contributed by atoms with Crippen molar-refractivity contribution in [2.24, 2.45) is 17.6 Å². The maximum atomic E-state index is 11.7. The monoisotopic (exact) mass is 315 g/mol. The molecule has 23 heavy (non-hydrogen) atoms. The van der Waals surface area contributed by atoms with Gasteiger partial charge >= 0.3 is 0 Å². The Balaban J connectivity index is 1.60. The Bertz CT molecular complexity index is 656. The summed E-state index contributed by atoms with van der Waals surface area (Å²) in [6.45, 7) is 4.47. The van der Waals surface area contributed by atoms with E-state index in [4.69, 9.17) is 14.9 Å². The van der Waals surface area contributed by atoms with Gasteiger partial charge in [0.1, 0.15) is 17.3 Å². The van der Waals surface area contributed by atoms with Crippen molar-refractivity contribution < 1.29 is 13.9 Å². The van der Waals surface area contributed by atoms with Gasteiger partial charge in [0.15, 0.2) is 0 Å². The van der Waals surface area contributed by atoms with Crippen molar-refractivity contribution in [2.45, 2.75) is 13.5 Å². The summed E-state index contributed by atoms with van der Waals surface area (Å²) in [5, 5.41) is 0. The van der Waals surface area contributed by atoms with Crippen LogP contribution in [0.5, 0.6) is 5.75 Å². The average Bonchev–Trinajstić information content (AvgIpc) is 3.13. The third-order valence-electron chi connectivity index (χ3n) is 4.17. The Hall–Kier alpha value is -2.34. The minimum atomic E-state index is -0.272. The van der Waals surface area contributed by atoms with E-state index in [2.05, 4.69) is 9.88 Å². The van der Waals surface area contributed by atoms with Crippen molar-refractivity contribution in [1.29, 1.82) is 0 Å². The number of pyridine rings is 1. The summed E-state index contributed by atoms with van der Waals surface area (Å²) in [5.41, 5.74) is 5.56. The van der Waals surface area contributed by atoms with Crippen LogP contribution in [-0.4, -0.2) is 35.5 Å². The normalized spacial score (nSPS) is 21.4. The first-order valence-corrected chi connectivity index (χ1v) is 7.71. The second kappa shape index (κ2) is 6.83. The molecule has 6 nitrogen and oxygen atoms in total. The van der Waals surface area contributed by atoms with E-state index in [0.29, 0.717) is 19.7 Å². The fourth-order valence-electron chi connectivity index (χ4n) is 3.01. The molecular formula is C17H21N3O3. The molecule has 3 heterocycles. The number of carbonyl (C=O) groups is 1. The van der Waals surface area contributed by atoms with E-state index in [9.17, 15) is 4.79 Å². The summed E-state index contributed by atoms with van der Waals surface area (Å²) < 4.78 is 11.4. The molecule has 1 fully saturated rings. The van der Waals surface area contributed by atoms with Crippen LogP contribution in [0.1, 0.15) is 11.5 Å². The first kappa shape index (κ1) is 15.6. The Morgan fingerprint density at radius 1 is 1.35 bits per heavy atom. The highest BCUT2D eigenvalue weighted by atomic mass is 16.5. The number of rotatable bonds is 6. The quantitative estimate of drug-likeness (QED) is 0.875. The summed E-state index contributed by atoms with van der Waals surface area (Å²) in [5.74, 6) is 2.16. The molecule has 1 aliphatic heterocycles. The lowest BCUT2D eigenvalue weighted by Crippen LogP contribution is -2.32. The number of aryl methyl sites for hydroxylation is 1. The molecule has 0 aromatic carbocycles. The third-order valence-corrected chi connectivity index (χ3v) is 4.17. The van der Waals surface area contributed by atoms with Gasteiger partial charge in [-0.1, -0.05) is 0 Å². The van der Waals surface area contributed by atoms with Crippen LogP contribution in [0.3, 0.4) is 0 Å². The molecule has 6 heteroatoms. The van der Waals surface area contributed by atoms with Crippen LogP contribution < -0.4 is 10.5 Å². The molecule has 0 aliphatic carbocycles. The second-order valence-electron chi connectivity index (χ2n) is 5.97. The maximum Gasteiger partial charge on any atom is 0.222 e. The van der Waals surface area contributed by atoms with E-state index in [1.807, 2.05) is 19.1 Å². The number of furan rings is 1. The standard InChI is InChI=1S/C17H21N3O3/c1-12-2-3-15(23-12)9-20-8-13(16(10-20)17(18)21)11-22-14-4-6-19-7-5-14/h2-7,13,16H,8-11H2,1H3,(H2,18,21)/t13-,16+/m0/s1. The molecule has 2 N–H and O–H groups in total. The van der Waals surface area contributed by atoms with Crippen molar-refractivity contribution in [3.05, 3.63) is 48.2 Å². The van der Waals surface area contributed by atoms with E-state index in [0.717, 1.165) is 23.8 Å². The minimum Gasteiger partial charge on any atom is -0.493 e. The number of hydrogen-bond acceptors (Lipinski definition) is 5. The largest absolute Gasteiger partial charge is 0.493 e. The number of aromatic nitrogens is 1. The molecule has 122 valence electrons. The zero-order chi connectivity index (χ0) is 16.2. The lowest BCUT2D eigenvalue weighted by molar-refractivity contribution is -0.122. The Labute approximate surface area is 135 Å². The molecule has 0 saturated carbocycles. The fourth-order valence-corrected chi connectivity index (χ4v) is 3.01. The molecule has 2 atom stereocenters. The molecule has 1 saturated heterocycles. The molecule has 1 amide bonds. The highest BCUT2D eigenvalue weighted by molar-refractivity contribution is 5.77. The summed E-state index contributed by atoms with van der Waals surface area (Å²) in [6.07, 6.45) is 3.36. The van der Waals surface area contributed by atoms with Crippen LogP contribution in [0.4, 0.5) is 0 Å². The number of likely N-dealkylation sites (tertiary alicyclic amines) is 1. The predicted octanol–water partition coefficient (Wildman–Crippen LogP) is 1.60.